The molecule has 0 aromatic carbocycles. The number of quaternary nitrogens is 1. The number of esters is 1. The number of aliphatic hydroxyl groups is 1. The second-order valence-corrected chi connectivity index (χ2v) is 4.28. The zero-order chi connectivity index (χ0) is 11.8. The Kier molecular flexibility index (Phi) is 2.61. The number of nitrogens with zero attached hydrogens (tertiary/aromatic N) is 1. The number of carbonyl (C=O) groups excluding carboxylic acids is 1. The summed E-state index contributed by atoms with van der Waals surface area (Å²) in [4.78, 5) is 22.4. The second-order valence-electron chi connectivity index (χ2n) is 4.28. The minimum Gasteiger partial charge on any atom is -0.435 e. The maximum absolute atomic E-state index is 11.3. The molecule has 2 fully saturated rings. The van der Waals surface area contributed by atoms with E-state index in [0.29, 0.717) is 19.4 Å². The molecule has 1 amide bonds. The molecule has 7 nitrogen and oxygen atoms in total. The molecule has 1 unspecified atom stereocenters. The van der Waals surface area contributed by atoms with Crippen molar-refractivity contribution in [2.45, 2.75) is 18.4 Å². The van der Waals surface area contributed by atoms with Crippen LogP contribution in [0.2, 0.25) is 0 Å². The Morgan fingerprint density at radius 2 is 2.12 bits per heavy atom. The molecule has 1 saturated carbocycles. The van der Waals surface area contributed by atoms with E-state index in [1.54, 1.807) is 0 Å². The largest absolute Gasteiger partial charge is 0.518 e. The number of hydrogen-bond acceptors (Lipinski definition) is 5. The number of rotatable bonds is 3. The summed E-state index contributed by atoms with van der Waals surface area (Å²) in [5.74, 6) is -0.738. The van der Waals surface area contributed by atoms with E-state index >= 15 is 0 Å². The van der Waals surface area contributed by atoms with Crippen LogP contribution in [0.1, 0.15) is 12.8 Å². The molecule has 2 N–H and O–H groups in total. The number of hydrogen-bond donors (Lipinski definition) is 2. The van der Waals surface area contributed by atoms with Gasteiger partial charge in [0.25, 0.3) is 0 Å². The van der Waals surface area contributed by atoms with Gasteiger partial charge in [-0.15, -0.1) is 0 Å². The Morgan fingerprint density at radius 3 is 2.56 bits per heavy atom. The van der Waals surface area contributed by atoms with E-state index in [1.807, 2.05) is 0 Å². The molecule has 0 spiro atoms. The Hall–Kier alpha value is -1.18. The third kappa shape index (κ3) is 1.89. The molecule has 1 aliphatic carbocycles. The highest BCUT2D eigenvalue weighted by molar-refractivity contribution is 5.82. The van der Waals surface area contributed by atoms with Crippen molar-refractivity contribution < 1.29 is 33.8 Å². The van der Waals surface area contributed by atoms with Gasteiger partial charge < -0.3 is 19.7 Å². The van der Waals surface area contributed by atoms with Crippen LogP contribution in [0, 0.1) is 0 Å². The zero-order valence-electron chi connectivity index (χ0n) is 8.72. The van der Waals surface area contributed by atoms with Crippen LogP contribution in [-0.2, 0) is 14.3 Å². The smallest absolute Gasteiger partial charge is 0.435 e. The fourth-order valence-electron chi connectivity index (χ4n) is 1.49. The Labute approximate surface area is 91.8 Å². The van der Waals surface area contributed by atoms with E-state index < -0.39 is 22.1 Å². The Balaban J connectivity index is 1.92. The summed E-state index contributed by atoms with van der Waals surface area (Å²) < 4.78 is 9.39. The van der Waals surface area contributed by atoms with Crippen LogP contribution >= 0.6 is 0 Å². The van der Waals surface area contributed by atoms with Crippen molar-refractivity contribution >= 4 is 12.1 Å². The molecule has 0 bridgehead atoms. The van der Waals surface area contributed by atoms with Crippen molar-refractivity contribution in [1.82, 2.24) is 0 Å². The fraction of sp³-hybridized carbons (Fsp3) is 0.778. The number of ether oxygens (including phenoxy) is 2. The molecule has 1 aliphatic heterocycles. The van der Waals surface area contributed by atoms with Crippen LogP contribution in [0.25, 0.3) is 0 Å². The Bertz CT molecular complexity index is 318. The number of amides is 1. The third-order valence-electron chi connectivity index (χ3n) is 2.95. The summed E-state index contributed by atoms with van der Waals surface area (Å²) in [5.41, 5.74) is -1.37. The van der Waals surface area contributed by atoms with Crippen LogP contribution in [0.4, 0.5) is 4.79 Å². The molecule has 16 heavy (non-hydrogen) atoms. The van der Waals surface area contributed by atoms with E-state index in [-0.39, 0.29) is 20.0 Å². The molecule has 0 aromatic rings. The lowest BCUT2D eigenvalue weighted by atomic mass is 10.3. The Morgan fingerprint density at radius 1 is 1.44 bits per heavy atom. The molecule has 1 atom stereocenters. The van der Waals surface area contributed by atoms with E-state index in [1.165, 1.54) is 0 Å². The van der Waals surface area contributed by atoms with Gasteiger partial charge in [0.1, 0.15) is 13.2 Å². The van der Waals surface area contributed by atoms with Crippen LogP contribution in [0.15, 0.2) is 0 Å². The van der Waals surface area contributed by atoms with Crippen LogP contribution in [0.5, 0.6) is 0 Å². The summed E-state index contributed by atoms with van der Waals surface area (Å²) in [6, 6.07) is 0. The average Bonchev–Trinajstić information content (AvgIpc) is 2.83. The third-order valence-corrected chi connectivity index (χ3v) is 2.95. The van der Waals surface area contributed by atoms with Crippen LogP contribution in [-0.4, -0.2) is 59.0 Å². The molecule has 0 aromatic heterocycles. The molecule has 0 radical (unpaired) electrons. The van der Waals surface area contributed by atoms with Crippen molar-refractivity contribution in [1.29, 1.82) is 0 Å². The maximum Gasteiger partial charge on any atom is 0.518 e. The lowest BCUT2D eigenvalue weighted by molar-refractivity contribution is -0.872. The fourth-order valence-corrected chi connectivity index (χ4v) is 1.49. The van der Waals surface area contributed by atoms with E-state index in [2.05, 4.69) is 0 Å². The van der Waals surface area contributed by atoms with E-state index in [4.69, 9.17) is 14.6 Å². The van der Waals surface area contributed by atoms with Gasteiger partial charge in [0.2, 0.25) is 6.73 Å². The first-order valence-corrected chi connectivity index (χ1v) is 5.06. The normalized spacial score (nSPS) is 31.1. The van der Waals surface area contributed by atoms with Gasteiger partial charge >= 0.3 is 12.1 Å². The highest BCUT2D eigenvalue weighted by Gasteiger charge is 2.51. The zero-order valence-corrected chi connectivity index (χ0v) is 8.72. The predicted octanol–water partition coefficient (Wildman–Crippen LogP) is -0.506. The first-order valence-electron chi connectivity index (χ1n) is 5.06. The average molecular weight is 232 g/mol. The van der Waals surface area contributed by atoms with Gasteiger partial charge in [0.05, 0.1) is 0 Å². The maximum atomic E-state index is 11.3. The molecule has 7 heteroatoms. The van der Waals surface area contributed by atoms with Gasteiger partial charge in [-0.25, -0.2) is 4.79 Å². The molecule has 2 rings (SSSR count). The first kappa shape index (κ1) is 11.3. The quantitative estimate of drug-likeness (QED) is 0.503. The second kappa shape index (κ2) is 3.69. The van der Waals surface area contributed by atoms with Crippen LogP contribution < -0.4 is 0 Å². The number of carbonyl (C=O) groups is 2. The summed E-state index contributed by atoms with van der Waals surface area (Å²) >= 11 is 0. The lowest BCUT2D eigenvalue weighted by Gasteiger charge is -2.24. The molecular weight excluding hydrogens is 218 g/mol. The van der Waals surface area contributed by atoms with Crippen LogP contribution in [0.3, 0.4) is 0 Å². The predicted molar refractivity (Wildman–Crippen MR) is 49.1 cm³/mol. The van der Waals surface area contributed by atoms with Crippen molar-refractivity contribution in [3.8, 4) is 0 Å². The van der Waals surface area contributed by atoms with Gasteiger partial charge in [-0.3, -0.25) is 0 Å². The first-order chi connectivity index (χ1) is 7.49. The highest BCUT2D eigenvalue weighted by atomic mass is 16.6. The molecule has 2 aliphatic rings. The molecule has 1 saturated heterocycles. The van der Waals surface area contributed by atoms with Gasteiger partial charge in [-0.05, 0) is 12.8 Å². The van der Waals surface area contributed by atoms with Crippen molar-refractivity contribution in [3.63, 3.8) is 0 Å². The standard InChI is InChI=1S/C9H13NO6/c11-7(9(14)1-2-9)16-6-10(8(12)13)3-4-15-5-10/h14H,1-6H2/p+1. The minimum atomic E-state index is -1.37. The van der Waals surface area contributed by atoms with E-state index in [0.717, 1.165) is 0 Å². The summed E-state index contributed by atoms with van der Waals surface area (Å²) in [5, 5.41) is 18.5. The molecule has 1 heterocycles. The number of carboxylic acid groups (broad SMARTS) is 1. The summed E-state index contributed by atoms with van der Waals surface area (Å²) in [6.45, 7) is 0.284. The SMILES string of the molecule is O=C(OC[N+]1(C(=O)O)CCOC1)C1(O)CC1. The van der Waals surface area contributed by atoms with E-state index in [9.17, 15) is 14.7 Å². The van der Waals surface area contributed by atoms with Gasteiger partial charge in [0.15, 0.2) is 12.3 Å². The van der Waals surface area contributed by atoms with Gasteiger partial charge in [-0.1, -0.05) is 0 Å². The highest BCUT2D eigenvalue weighted by Crippen LogP contribution is 2.36. The van der Waals surface area contributed by atoms with Crippen molar-refractivity contribution in [3.05, 3.63) is 0 Å². The van der Waals surface area contributed by atoms with Crippen molar-refractivity contribution in [2.24, 2.45) is 0 Å². The summed E-state index contributed by atoms with van der Waals surface area (Å²) in [6.07, 6.45) is -0.321. The molecular formula is C9H14NO6+. The van der Waals surface area contributed by atoms with Gasteiger partial charge in [-0.2, -0.15) is 9.28 Å². The lowest BCUT2D eigenvalue weighted by Crippen LogP contribution is -2.52. The topological polar surface area (TPSA) is 93.1 Å². The molecule has 90 valence electrons. The van der Waals surface area contributed by atoms with Crippen molar-refractivity contribution in [2.75, 3.05) is 26.6 Å². The monoisotopic (exact) mass is 232 g/mol. The van der Waals surface area contributed by atoms with Gasteiger partial charge in [0, 0.05) is 0 Å². The minimum absolute atomic E-state index is 0.0129. The summed E-state index contributed by atoms with van der Waals surface area (Å²) in [7, 11) is 0.